The summed E-state index contributed by atoms with van der Waals surface area (Å²) in [6.07, 6.45) is 3.59. The number of carbonyl (C=O) groups is 1. The first-order valence-electron chi connectivity index (χ1n) is 5.71. The van der Waals surface area contributed by atoms with Gasteiger partial charge in [0.25, 0.3) is 0 Å². The first kappa shape index (κ1) is 14.2. The summed E-state index contributed by atoms with van der Waals surface area (Å²) in [6, 6.07) is 9.26. The van der Waals surface area contributed by atoms with Crippen molar-refractivity contribution in [2.45, 2.75) is 12.0 Å². The number of rotatable bonds is 7. The summed E-state index contributed by atoms with van der Waals surface area (Å²) in [5.41, 5.74) is -0.398. The lowest BCUT2D eigenvalue weighted by Crippen LogP contribution is -2.39. The van der Waals surface area contributed by atoms with Crippen LogP contribution in [0.5, 0.6) is 0 Å². The van der Waals surface area contributed by atoms with E-state index in [0.717, 1.165) is 5.56 Å². The highest BCUT2D eigenvalue weighted by Crippen LogP contribution is 2.31. The Kier molecular flexibility index (Phi) is 5.33. The van der Waals surface area contributed by atoms with E-state index in [1.165, 1.54) is 7.11 Å². The van der Waals surface area contributed by atoms with Gasteiger partial charge in [0.05, 0.1) is 13.7 Å². The lowest BCUT2D eigenvalue weighted by atomic mass is 9.90. The van der Waals surface area contributed by atoms with Crippen molar-refractivity contribution in [3.05, 3.63) is 61.2 Å². The molecule has 0 N–H and O–H groups in total. The fourth-order valence-electron chi connectivity index (χ4n) is 1.80. The van der Waals surface area contributed by atoms with E-state index in [-0.39, 0.29) is 6.61 Å². The van der Waals surface area contributed by atoms with Crippen molar-refractivity contribution in [2.24, 2.45) is 0 Å². The quantitative estimate of drug-likeness (QED) is 0.548. The zero-order chi connectivity index (χ0) is 13.4. The Hall–Kier alpha value is -1.87. The van der Waals surface area contributed by atoms with Crippen LogP contribution < -0.4 is 0 Å². The molecule has 1 atom stereocenters. The zero-order valence-corrected chi connectivity index (χ0v) is 10.6. The third kappa shape index (κ3) is 2.87. The molecular formula is C15H18O3. The highest BCUT2D eigenvalue weighted by molar-refractivity contribution is 5.81. The average molecular weight is 246 g/mol. The first-order chi connectivity index (χ1) is 8.71. The van der Waals surface area contributed by atoms with Gasteiger partial charge in [-0.2, -0.15) is 0 Å². The molecule has 96 valence electrons. The van der Waals surface area contributed by atoms with Crippen LogP contribution in [0.25, 0.3) is 0 Å². The monoisotopic (exact) mass is 246 g/mol. The molecule has 18 heavy (non-hydrogen) atoms. The van der Waals surface area contributed by atoms with Crippen LogP contribution in [0.15, 0.2) is 55.6 Å². The fraction of sp³-hybridized carbons (Fsp3) is 0.267. The smallest absolute Gasteiger partial charge is 0.343 e. The minimum absolute atomic E-state index is 0.262. The van der Waals surface area contributed by atoms with Crippen LogP contribution in [0.1, 0.15) is 12.0 Å². The molecule has 1 rings (SSSR count). The van der Waals surface area contributed by atoms with E-state index in [4.69, 9.17) is 9.47 Å². The summed E-state index contributed by atoms with van der Waals surface area (Å²) in [5, 5.41) is 0. The van der Waals surface area contributed by atoms with E-state index >= 15 is 0 Å². The van der Waals surface area contributed by atoms with Crippen molar-refractivity contribution in [3.63, 3.8) is 0 Å². The maximum absolute atomic E-state index is 12.1. The Morgan fingerprint density at radius 2 is 1.94 bits per heavy atom. The van der Waals surface area contributed by atoms with Crippen LogP contribution in [0.2, 0.25) is 0 Å². The van der Waals surface area contributed by atoms with Crippen molar-refractivity contribution in [1.82, 2.24) is 0 Å². The van der Waals surface area contributed by atoms with Gasteiger partial charge in [-0.25, -0.2) is 4.79 Å². The molecule has 0 aromatic heterocycles. The van der Waals surface area contributed by atoms with Gasteiger partial charge in [0.2, 0.25) is 0 Å². The van der Waals surface area contributed by atoms with E-state index in [2.05, 4.69) is 13.2 Å². The summed E-state index contributed by atoms with van der Waals surface area (Å²) < 4.78 is 10.6. The van der Waals surface area contributed by atoms with Gasteiger partial charge in [-0.15, -0.1) is 13.2 Å². The van der Waals surface area contributed by atoms with Crippen molar-refractivity contribution >= 4 is 5.97 Å². The van der Waals surface area contributed by atoms with Crippen molar-refractivity contribution in [1.29, 1.82) is 0 Å². The van der Waals surface area contributed by atoms with E-state index in [1.807, 2.05) is 30.3 Å². The molecule has 0 radical (unpaired) electrons. The van der Waals surface area contributed by atoms with Crippen molar-refractivity contribution in [2.75, 3.05) is 13.7 Å². The fourth-order valence-corrected chi connectivity index (χ4v) is 1.80. The summed E-state index contributed by atoms with van der Waals surface area (Å²) in [6.45, 7) is 7.54. The number of methoxy groups -OCH3 is 1. The molecule has 0 saturated heterocycles. The zero-order valence-electron chi connectivity index (χ0n) is 10.6. The molecule has 0 amide bonds. The maximum Gasteiger partial charge on any atom is 0.343 e. The molecule has 1 aromatic rings. The topological polar surface area (TPSA) is 35.5 Å². The van der Waals surface area contributed by atoms with Crippen LogP contribution in [-0.2, 0) is 19.9 Å². The molecule has 0 aliphatic carbocycles. The van der Waals surface area contributed by atoms with Crippen molar-refractivity contribution < 1.29 is 14.3 Å². The number of esters is 1. The van der Waals surface area contributed by atoms with E-state index in [9.17, 15) is 4.79 Å². The number of carbonyl (C=O) groups excluding carboxylic acids is 1. The van der Waals surface area contributed by atoms with Gasteiger partial charge in [0.15, 0.2) is 5.60 Å². The third-order valence-electron chi connectivity index (χ3n) is 2.63. The molecule has 0 saturated carbocycles. The Bertz CT molecular complexity index is 411. The normalized spacial score (nSPS) is 13.4. The molecule has 0 bridgehead atoms. The van der Waals surface area contributed by atoms with E-state index in [0.29, 0.717) is 6.42 Å². The van der Waals surface area contributed by atoms with E-state index < -0.39 is 11.6 Å². The Labute approximate surface area is 108 Å². The van der Waals surface area contributed by atoms with Gasteiger partial charge in [-0.05, 0) is 5.56 Å². The number of hydrogen-bond acceptors (Lipinski definition) is 3. The molecular weight excluding hydrogens is 228 g/mol. The number of benzene rings is 1. The number of hydrogen-bond donors (Lipinski definition) is 0. The molecule has 0 spiro atoms. The summed E-state index contributed by atoms with van der Waals surface area (Å²) in [4.78, 5) is 12.1. The van der Waals surface area contributed by atoms with Crippen LogP contribution in [-0.4, -0.2) is 19.7 Å². The molecule has 1 aromatic carbocycles. The average Bonchev–Trinajstić information content (AvgIpc) is 2.43. The van der Waals surface area contributed by atoms with Gasteiger partial charge >= 0.3 is 5.97 Å². The van der Waals surface area contributed by atoms with Gasteiger partial charge in [-0.1, -0.05) is 42.5 Å². The molecule has 0 fully saturated rings. The Balaban J connectivity index is 3.22. The predicted molar refractivity (Wildman–Crippen MR) is 71.1 cm³/mol. The third-order valence-corrected chi connectivity index (χ3v) is 2.63. The molecule has 3 heteroatoms. The summed E-state index contributed by atoms with van der Waals surface area (Å²) >= 11 is 0. The lowest BCUT2D eigenvalue weighted by molar-refractivity contribution is -0.169. The molecule has 3 nitrogen and oxygen atoms in total. The SMILES string of the molecule is C=CCO[C@](CC=C)(C(=O)OC)c1ccccc1. The van der Waals surface area contributed by atoms with E-state index in [1.54, 1.807) is 12.2 Å². The molecule has 0 heterocycles. The minimum Gasteiger partial charge on any atom is -0.467 e. The first-order valence-corrected chi connectivity index (χ1v) is 5.71. The van der Waals surface area contributed by atoms with Gasteiger partial charge in [-0.3, -0.25) is 0 Å². The van der Waals surface area contributed by atoms with Crippen LogP contribution in [0, 0.1) is 0 Å². The maximum atomic E-state index is 12.1. The number of ether oxygens (including phenoxy) is 2. The predicted octanol–water partition coefficient (Wildman–Crippen LogP) is 2.83. The van der Waals surface area contributed by atoms with Crippen LogP contribution in [0.4, 0.5) is 0 Å². The summed E-state index contributed by atoms with van der Waals surface area (Å²) in [5.74, 6) is -0.435. The van der Waals surface area contributed by atoms with Crippen molar-refractivity contribution in [3.8, 4) is 0 Å². The lowest BCUT2D eigenvalue weighted by Gasteiger charge is -2.30. The van der Waals surface area contributed by atoms with Crippen LogP contribution >= 0.6 is 0 Å². The standard InChI is InChI=1S/C15H18O3/c1-4-11-15(14(16)17-3,18-12-5-2)13-9-7-6-8-10-13/h4-10H,1-2,11-12H2,3H3/t15-/m0/s1. The highest BCUT2D eigenvalue weighted by Gasteiger charge is 2.41. The molecule has 0 aliphatic rings. The minimum atomic E-state index is -1.15. The molecule has 0 unspecified atom stereocenters. The molecule has 0 aliphatic heterocycles. The second kappa shape index (κ2) is 6.77. The second-order valence-corrected chi connectivity index (χ2v) is 3.78. The Morgan fingerprint density at radius 1 is 1.28 bits per heavy atom. The Morgan fingerprint density at radius 3 is 2.44 bits per heavy atom. The van der Waals surface area contributed by atoms with Gasteiger partial charge in [0, 0.05) is 6.42 Å². The van der Waals surface area contributed by atoms with Crippen LogP contribution in [0.3, 0.4) is 0 Å². The van der Waals surface area contributed by atoms with Gasteiger partial charge < -0.3 is 9.47 Å². The second-order valence-electron chi connectivity index (χ2n) is 3.78. The highest BCUT2D eigenvalue weighted by atomic mass is 16.6. The van der Waals surface area contributed by atoms with Gasteiger partial charge in [0.1, 0.15) is 0 Å². The largest absolute Gasteiger partial charge is 0.467 e. The summed E-state index contributed by atoms with van der Waals surface area (Å²) in [7, 11) is 1.35.